The number of aliphatic hydroxyl groups excluding tert-OH is 1. The maximum Gasteiger partial charge on any atom is 0.358 e. The van der Waals surface area contributed by atoms with E-state index in [2.05, 4.69) is 15.3 Å². The third-order valence-electron chi connectivity index (χ3n) is 1.98. The number of hydrogen-bond donors (Lipinski definition) is 3. The average Bonchev–Trinajstić information content (AvgIpc) is 2.16. The van der Waals surface area contributed by atoms with Gasteiger partial charge in [0.25, 0.3) is 0 Å². The lowest BCUT2D eigenvalue weighted by molar-refractivity contribution is 0.0691. The SMILES string of the molecule is CC(O)CC(C)Nc1nccnc1C(=O)O. The van der Waals surface area contributed by atoms with Crippen LogP contribution in [0.25, 0.3) is 0 Å². The van der Waals surface area contributed by atoms with Crippen molar-refractivity contribution in [3.8, 4) is 0 Å². The van der Waals surface area contributed by atoms with Crippen LogP contribution in [-0.2, 0) is 0 Å². The standard InChI is InChI=1S/C10H15N3O3/c1-6(5-7(2)14)13-9-8(10(15)16)11-3-4-12-9/h3-4,6-7,14H,5H2,1-2H3,(H,12,13)(H,15,16). The van der Waals surface area contributed by atoms with E-state index in [9.17, 15) is 9.90 Å². The molecule has 0 saturated heterocycles. The van der Waals surface area contributed by atoms with E-state index in [1.165, 1.54) is 12.4 Å². The first-order chi connectivity index (χ1) is 7.50. The van der Waals surface area contributed by atoms with Crippen LogP contribution in [0.5, 0.6) is 0 Å². The molecule has 0 radical (unpaired) electrons. The summed E-state index contributed by atoms with van der Waals surface area (Å²) < 4.78 is 0. The molecule has 0 bridgehead atoms. The van der Waals surface area contributed by atoms with Crippen molar-refractivity contribution in [2.75, 3.05) is 5.32 Å². The molecule has 0 aliphatic heterocycles. The van der Waals surface area contributed by atoms with Gasteiger partial charge >= 0.3 is 5.97 Å². The fourth-order valence-electron chi connectivity index (χ4n) is 1.40. The monoisotopic (exact) mass is 225 g/mol. The van der Waals surface area contributed by atoms with E-state index >= 15 is 0 Å². The van der Waals surface area contributed by atoms with E-state index in [1.807, 2.05) is 6.92 Å². The topological polar surface area (TPSA) is 95.3 Å². The summed E-state index contributed by atoms with van der Waals surface area (Å²) in [5.41, 5.74) is -0.111. The predicted octanol–water partition coefficient (Wildman–Crippen LogP) is 0.746. The molecule has 0 saturated carbocycles. The number of aromatic carboxylic acids is 1. The molecular formula is C10H15N3O3. The first-order valence-corrected chi connectivity index (χ1v) is 4.99. The molecule has 0 spiro atoms. The third-order valence-corrected chi connectivity index (χ3v) is 1.98. The van der Waals surface area contributed by atoms with E-state index in [1.54, 1.807) is 6.92 Å². The van der Waals surface area contributed by atoms with Crippen LogP contribution in [0.1, 0.15) is 30.8 Å². The molecule has 0 aliphatic carbocycles. The maximum atomic E-state index is 10.8. The van der Waals surface area contributed by atoms with Gasteiger partial charge in [-0.15, -0.1) is 0 Å². The molecule has 6 nitrogen and oxygen atoms in total. The minimum Gasteiger partial charge on any atom is -0.476 e. The summed E-state index contributed by atoms with van der Waals surface area (Å²) in [4.78, 5) is 18.5. The van der Waals surface area contributed by atoms with Gasteiger partial charge in [0.05, 0.1) is 6.10 Å². The van der Waals surface area contributed by atoms with Gasteiger partial charge < -0.3 is 15.5 Å². The largest absolute Gasteiger partial charge is 0.476 e. The summed E-state index contributed by atoms with van der Waals surface area (Å²) >= 11 is 0. The number of carboxylic acid groups (broad SMARTS) is 1. The highest BCUT2D eigenvalue weighted by Gasteiger charge is 2.15. The van der Waals surface area contributed by atoms with E-state index < -0.39 is 12.1 Å². The molecule has 1 aromatic heterocycles. The highest BCUT2D eigenvalue weighted by molar-refractivity contribution is 5.90. The van der Waals surface area contributed by atoms with Crippen molar-refractivity contribution in [1.82, 2.24) is 9.97 Å². The molecule has 2 atom stereocenters. The molecule has 1 heterocycles. The number of nitrogens with zero attached hydrogens (tertiary/aromatic N) is 2. The summed E-state index contributed by atoms with van der Waals surface area (Å²) in [7, 11) is 0. The van der Waals surface area contributed by atoms with Crippen LogP contribution in [0.3, 0.4) is 0 Å². The minimum absolute atomic E-state index is 0.0743. The molecule has 2 unspecified atom stereocenters. The van der Waals surface area contributed by atoms with Gasteiger partial charge in [-0.05, 0) is 20.3 Å². The average molecular weight is 225 g/mol. The second-order valence-electron chi connectivity index (χ2n) is 3.69. The van der Waals surface area contributed by atoms with Crippen molar-refractivity contribution in [3.63, 3.8) is 0 Å². The Hall–Kier alpha value is -1.69. The van der Waals surface area contributed by atoms with E-state index in [4.69, 9.17) is 5.11 Å². The van der Waals surface area contributed by atoms with E-state index in [-0.39, 0.29) is 17.6 Å². The van der Waals surface area contributed by atoms with Gasteiger partial charge in [-0.25, -0.2) is 14.8 Å². The molecule has 3 N–H and O–H groups in total. The van der Waals surface area contributed by atoms with Gasteiger partial charge in [-0.3, -0.25) is 0 Å². The first-order valence-electron chi connectivity index (χ1n) is 4.99. The molecule has 0 fully saturated rings. The lowest BCUT2D eigenvalue weighted by Crippen LogP contribution is -2.23. The Balaban J connectivity index is 2.76. The van der Waals surface area contributed by atoms with Gasteiger partial charge in [0.2, 0.25) is 0 Å². The summed E-state index contributed by atoms with van der Waals surface area (Å²) in [6.07, 6.45) is 2.81. The van der Waals surface area contributed by atoms with Gasteiger partial charge in [-0.2, -0.15) is 0 Å². The summed E-state index contributed by atoms with van der Waals surface area (Å²) in [5.74, 6) is -0.900. The van der Waals surface area contributed by atoms with Gasteiger partial charge in [0.15, 0.2) is 11.5 Å². The van der Waals surface area contributed by atoms with Gasteiger partial charge in [0.1, 0.15) is 0 Å². The van der Waals surface area contributed by atoms with Crippen LogP contribution >= 0.6 is 0 Å². The first kappa shape index (κ1) is 12.4. The predicted molar refractivity (Wildman–Crippen MR) is 58.4 cm³/mol. The Morgan fingerprint density at radius 3 is 2.62 bits per heavy atom. The number of aliphatic hydroxyl groups is 1. The van der Waals surface area contributed by atoms with Crippen LogP contribution in [-0.4, -0.2) is 38.3 Å². The second-order valence-corrected chi connectivity index (χ2v) is 3.69. The van der Waals surface area contributed by atoms with Crippen molar-refractivity contribution >= 4 is 11.8 Å². The number of aromatic nitrogens is 2. The van der Waals surface area contributed by atoms with Crippen molar-refractivity contribution < 1.29 is 15.0 Å². The Kier molecular flexibility index (Phi) is 4.19. The number of hydrogen-bond acceptors (Lipinski definition) is 5. The molecule has 1 aromatic rings. The Labute approximate surface area is 93.4 Å². The Morgan fingerprint density at radius 1 is 1.44 bits per heavy atom. The minimum atomic E-state index is -1.13. The molecular weight excluding hydrogens is 210 g/mol. The van der Waals surface area contributed by atoms with Crippen LogP contribution < -0.4 is 5.32 Å². The fourth-order valence-corrected chi connectivity index (χ4v) is 1.40. The molecule has 0 aromatic carbocycles. The number of anilines is 1. The summed E-state index contributed by atoms with van der Waals surface area (Å²) in [6.45, 7) is 3.51. The fraction of sp³-hybridized carbons (Fsp3) is 0.500. The summed E-state index contributed by atoms with van der Waals surface area (Å²) in [6, 6.07) is -0.0743. The molecule has 0 aliphatic rings. The number of nitrogens with one attached hydrogen (secondary N) is 1. The Morgan fingerprint density at radius 2 is 2.06 bits per heavy atom. The zero-order chi connectivity index (χ0) is 12.1. The quantitative estimate of drug-likeness (QED) is 0.684. The van der Waals surface area contributed by atoms with Crippen molar-refractivity contribution in [2.45, 2.75) is 32.4 Å². The van der Waals surface area contributed by atoms with Crippen LogP contribution in [0, 0.1) is 0 Å². The van der Waals surface area contributed by atoms with Crippen molar-refractivity contribution in [3.05, 3.63) is 18.1 Å². The molecule has 16 heavy (non-hydrogen) atoms. The smallest absolute Gasteiger partial charge is 0.358 e. The van der Waals surface area contributed by atoms with Crippen LogP contribution in [0.15, 0.2) is 12.4 Å². The number of carboxylic acids is 1. The lowest BCUT2D eigenvalue weighted by atomic mass is 10.1. The highest BCUT2D eigenvalue weighted by Crippen LogP contribution is 2.11. The van der Waals surface area contributed by atoms with E-state index in [0.29, 0.717) is 6.42 Å². The highest BCUT2D eigenvalue weighted by atomic mass is 16.4. The van der Waals surface area contributed by atoms with Gasteiger partial charge in [0, 0.05) is 18.4 Å². The van der Waals surface area contributed by atoms with Crippen LogP contribution in [0.4, 0.5) is 5.82 Å². The van der Waals surface area contributed by atoms with E-state index in [0.717, 1.165) is 0 Å². The zero-order valence-electron chi connectivity index (χ0n) is 9.21. The normalized spacial score (nSPS) is 14.2. The number of rotatable bonds is 5. The van der Waals surface area contributed by atoms with Crippen molar-refractivity contribution in [2.24, 2.45) is 0 Å². The third kappa shape index (κ3) is 3.47. The molecule has 1 rings (SSSR count). The van der Waals surface area contributed by atoms with Crippen molar-refractivity contribution in [1.29, 1.82) is 0 Å². The van der Waals surface area contributed by atoms with Gasteiger partial charge in [-0.1, -0.05) is 0 Å². The molecule has 0 amide bonds. The maximum absolute atomic E-state index is 10.8. The zero-order valence-corrected chi connectivity index (χ0v) is 9.21. The number of carbonyl (C=O) groups is 1. The Bertz CT molecular complexity index is 368. The lowest BCUT2D eigenvalue weighted by Gasteiger charge is -2.16. The summed E-state index contributed by atoms with van der Waals surface area (Å²) in [5, 5.41) is 21.0. The molecule has 6 heteroatoms. The van der Waals surface area contributed by atoms with Crippen LogP contribution in [0.2, 0.25) is 0 Å². The molecule has 88 valence electrons. The second kappa shape index (κ2) is 5.41.